The maximum atomic E-state index is 5.51. The Bertz CT molecular complexity index is 2200. The predicted molar refractivity (Wildman–Crippen MR) is 225 cm³/mol. The molecular weight excluding hydrogens is 719 g/mol. The van der Waals surface area contributed by atoms with E-state index in [1.54, 1.807) is 48.7 Å². The van der Waals surface area contributed by atoms with Crippen molar-refractivity contribution in [2.24, 2.45) is 0 Å². The zero-order valence-electron chi connectivity index (χ0n) is 32.8. The van der Waals surface area contributed by atoms with E-state index < -0.39 is 5.54 Å². The van der Waals surface area contributed by atoms with Crippen molar-refractivity contribution >= 4 is 34.4 Å². The van der Waals surface area contributed by atoms with Crippen molar-refractivity contribution < 1.29 is 28.4 Å². The lowest BCUT2D eigenvalue weighted by molar-refractivity contribution is 0.372. The van der Waals surface area contributed by atoms with Crippen LogP contribution in [-0.2, 0) is 5.54 Å². The molecule has 0 amide bonds. The average molecular weight is 764 g/mol. The fraction of sp³-hybridized carbons (Fsp3) is 0.174. The molecule has 57 heavy (non-hydrogen) atoms. The molecule has 5 aromatic carbocycles. The Morgan fingerprint density at radius 3 is 1.18 bits per heavy atom. The Morgan fingerprint density at radius 2 is 0.842 bits per heavy atom. The van der Waals surface area contributed by atoms with Gasteiger partial charge in [0.2, 0.25) is 17.7 Å². The number of hydrogen-bond donors (Lipinski definition) is 1. The first-order chi connectivity index (χ1) is 27.9. The molecule has 0 aliphatic heterocycles. The van der Waals surface area contributed by atoms with E-state index >= 15 is 0 Å². The minimum atomic E-state index is -0.768. The molecule has 290 valence electrons. The van der Waals surface area contributed by atoms with E-state index in [9.17, 15) is 0 Å². The third-order valence-electron chi connectivity index (χ3n) is 9.83. The number of benzene rings is 5. The number of hydrogen-bond acceptors (Lipinski definition) is 11. The SMILES string of the molecule is COc1ccc(N(C2=CCC(Nc3nc(OC)cc(OC)n3)(c3ccc(N(c4ccc(OC)cc4)c4ccc(OC)cc4)cc3)C=C2)c2ccc(OC)cc2)cc1. The summed E-state index contributed by atoms with van der Waals surface area (Å²) in [7, 11) is 9.80. The molecule has 11 heteroatoms. The number of methoxy groups -OCH3 is 6. The van der Waals surface area contributed by atoms with Gasteiger partial charge in [0.25, 0.3) is 0 Å². The van der Waals surface area contributed by atoms with Crippen LogP contribution < -0.4 is 43.5 Å². The van der Waals surface area contributed by atoms with Gasteiger partial charge in [0.1, 0.15) is 23.0 Å². The highest BCUT2D eigenvalue weighted by Crippen LogP contribution is 2.42. The number of nitrogens with zero attached hydrogens (tertiary/aromatic N) is 4. The number of anilines is 6. The fourth-order valence-corrected chi connectivity index (χ4v) is 6.77. The lowest BCUT2D eigenvalue weighted by Crippen LogP contribution is -2.36. The molecule has 1 atom stereocenters. The van der Waals surface area contributed by atoms with Crippen molar-refractivity contribution in [2.75, 3.05) is 57.8 Å². The van der Waals surface area contributed by atoms with Gasteiger partial charge in [-0.15, -0.1) is 0 Å². The van der Waals surface area contributed by atoms with Crippen LogP contribution in [0.15, 0.2) is 151 Å². The Morgan fingerprint density at radius 1 is 0.474 bits per heavy atom. The smallest absolute Gasteiger partial charge is 0.230 e. The van der Waals surface area contributed by atoms with E-state index in [1.807, 2.05) is 97.1 Å². The Labute approximate surface area is 333 Å². The van der Waals surface area contributed by atoms with Crippen molar-refractivity contribution in [1.29, 1.82) is 0 Å². The van der Waals surface area contributed by atoms with Crippen LogP contribution in [0.4, 0.5) is 34.4 Å². The molecule has 1 N–H and O–H groups in total. The fourth-order valence-electron chi connectivity index (χ4n) is 6.77. The van der Waals surface area contributed by atoms with Gasteiger partial charge in [0.05, 0.1) is 54.3 Å². The van der Waals surface area contributed by atoms with E-state index in [4.69, 9.17) is 28.4 Å². The van der Waals surface area contributed by atoms with Gasteiger partial charge >= 0.3 is 0 Å². The number of allylic oxidation sites excluding steroid dienone is 1. The molecule has 11 nitrogen and oxygen atoms in total. The summed E-state index contributed by atoms with van der Waals surface area (Å²) in [6.45, 7) is 0. The maximum Gasteiger partial charge on any atom is 0.230 e. The van der Waals surface area contributed by atoms with Gasteiger partial charge < -0.3 is 43.5 Å². The molecule has 7 rings (SSSR count). The maximum absolute atomic E-state index is 5.51. The first kappa shape index (κ1) is 38.1. The summed E-state index contributed by atoms with van der Waals surface area (Å²) in [5.41, 5.74) is 6.06. The highest BCUT2D eigenvalue weighted by Gasteiger charge is 2.33. The molecule has 0 saturated carbocycles. The van der Waals surface area contributed by atoms with E-state index in [0.717, 1.165) is 62.7 Å². The molecule has 0 fully saturated rings. The molecule has 1 heterocycles. The van der Waals surface area contributed by atoms with Crippen LogP contribution in [0.3, 0.4) is 0 Å². The Balaban J connectivity index is 1.30. The lowest BCUT2D eigenvalue weighted by Gasteiger charge is -2.37. The van der Waals surface area contributed by atoms with Crippen LogP contribution in [0.1, 0.15) is 12.0 Å². The molecule has 1 aromatic heterocycles. The van der Waals surface area contributed by atoms with Crippen molar-refractivity contribution in [1.82, 2.24) is 9.97 Å². The summed E-state index contributed by atoms with van der Waals surface area (Å²) < 4.78 is 32.9. The van der Waals surface area contributed by atoms with Crippen LogP contribution in [0.25, 0.3) is 0 Å². The Kier molecular flexibility index (Phi) is 11.5. The number of rotatable bonds is 15. The first-order valence-electron chi connectivity index (χ1n) is 18.3. The molecule has 1 aliphatic rings. The zero-order valence-corrected chi connectivity index (χ0v) is 32.8. The second-order valence-electron chi connectivity index (χ2n) is 13.0. The third kappa shape index (κ3) is 8.28. The second-order valence-corrected chi connectivity index (χ2v) is 13.0. The van der Waals surface area contributed by atoms with Gasteiger partial charge in [-0.3, -0.25) is 0 Å². The Hall–Kier alpha value is -7.14. The molecule has 0 spiro atoms. The minimum Gasteiger partial charge on any atom is -0.497 e. The van der Waals surface area contributed by atoms with Crippen LogP contribution in [0.2, 0.25) is 0 Å². The van der Waals surface area contributed by atoms with Gasteiger partial charge in [0.15, 0.2) is 0 Å². The average Bonchev–Trinajstić information content (AvgIpc) is 3.28. The number of ether oxygens (including phenoxy) is 6. The van der Waals surface area contributed by atoms with E-state index in [2.05, 4.69) is 67.6 Å². The molecule has 0 bridgehead atoms. The van der Waals surface area contributed by atoms with E-state index in [-0.39, 0.29) is 0 Å². The highest BCUT2D eigenvalue weighted by atomic mass is 16.5. The van der Waals surface area contributed by atoms with Gasteiger partial charge in [-0.25, -0.2) is 0 Å². The quantitative estimate of drug-likeness (QED) is 0.108. The van der Waals surface area contributed by atoms with Gasteiger partial charge in [-0.05, 0) is 127 Å². The summed E-state index contributed by atoms with van der Waals surface area (Å²) in [4.78, 5) is 13.7. The van der Waals surface area contributed by atoms with Gasteiger partial charge in [-0.1, -0.05) is 24.3 Å². The summed E-state index contributed by atoms with van der Waals surface area (Å²) in [6, 6.07) is 42.2. The monoisotopic (exact) mass is 763 g/mol. The van der Waals surface area contributed by atoms with Crippen LogP contribution in [0, 0.1) is 0 Å². The van der Waals surface area contributed by atoms with Gasteiger partial charge in [0, 0.05) is 34.1 Å². The minimum absolute atomic E-state index is 0.358. The number of aromatic nitrogens is 2. The molecular formula is C46H45N5O6. The predicted octanol–water partition coefficient (Wildman–Crippen LogP) is 9.99. The molecule has 1 aliphatic carbocycles. The second kappa shape index (κ2) is 17.1. The van der Waals surface area contributed by atoms with Crippen molar-refractivity contribution in [3.05, 3.63) is 157 Å². The van der Waals surface area contributed by atoms with Gasteiger partial charge in [-0.2, -0.15) is 9.97 Å². The third-order valence-corrected chi connectivity index (χ3v) is 9.83. The largest absolute Gasteiger partial charge is 0.497 e. The summed E-state index contributed by atoms with van der Waals surface area (Å²) >= 11 is 0. The molecule has 0 saturated heterocycles. The number of nitrogens with one attached hydrogen (secondary N) is 1. The highest BCUT2D eigenvalue weighted by molar-refractivity contribution is 5.77. The topological polar surface area (TPSA) is 99.7 Å². The van der Waals surface area contributed by atoms with Crippen LogP contribution >= 0.6 is 0 Å². The zero-order chi connectivity index (χ0) is 39.8. The molecule has 1 unspecified atom stereocenters. The lowest BCUT2D eigenvalue weighted by atomic mass is 9.82. The summed E-state index contributed by atoms with van der Waals surface area (Å²) in [5.74, 6) is 4.23. The summed E-state index contributed by atoms with van der Waals surface area (Å²) in [6.07, 6.45) is 7.05. The van der Waals surface area contributed by atoms with Crippen molar-refractivity contribution in [2.45, 2.75) is 12.0 Å². The summed E-state index contributed by atoms with van der Waals surface area (Å²) in [5, 5.41) is 3.66. The molecule has 0 radical (unpaired) electrons. The first-order valence-corrected chi connectivity index (χ1v) is 18.3. The van der Waals surface area contributed by atoms with E-state index in [0.29, 0.717) is 24.1 Å². The van der Waals surface area contributed by atoms with Crippen LogP contribution in [-0.4, -0.2) is 52.6 Å². The normalized spacial score (nSPS) is 14.5. The molecule has 6 aromatic rings. The van der Waals surface area contributed by atoms with Crippen LogP contribution in [0.5, 0.6) is 34.8 Å². The standard InChI is InChI=1S/C46H45N5O6/c1-52-39-19-11-34(12-20-39)50(35-13-21-40(53-2)22-14-35)33-9-7-32(8-10-33)46(49-45-47-43(56-5)31-44(48-45)57-6)29-27-38(28-30-46)51(36-15-23-41(54-3)24-16-36)37-17-25-42(55-4)26-18-37/h7-29,31H,30H2,1-6H3,(H,47,48,49). The van der Waals surface area contributed by atoms with Crippen molar-refractivity contribution in [3.63, 3.8) is 0 Å². The van der Waals surface area contributed by atoms with E-state index in [1.165, 1.54) is 0 Å². The van der Waals surface area contributed by atoms with Crippen molar-refractivity contribution in [3.8, 4) is 34.8 Å².